The number of aromatic nitrogens is 1. The molecule has 2 heterocycles. The first-order chi connectivity index (χ1) is 15.9. The summed E-state index contributed by atoms with van der Waals surface area (Å²) in [6.45, 7) is 0. The molecule has 1 aromatic heterocycles. The Morgan fingerprint density at radius 2 is 1.79 bits per heavy atom. The number of methoxy groups -OCH3 is 2. The molecule has 2 aromatic carbocycles. The number of halogens is 1. The van der Waals surface area contributed by atoms with E-state index in [2.05, 4.69) is 20.9 Å². The summed E-state index contributed by atoms with van der Waals surface area (Å²) in [4.78, 5) is 17.3. The van der Waals surface area contributed by atoms with Crippen LogP contribution in [-0.2, 0) is 20.7 Å². The SMILES string of the molecule is COC(=O)[C@@H]1[C@@H](c2ccccc2)[C@]2(c3ccc(Br)cc3)Oc3cncc(OC)c3[C@]2(O)[C@H]1O. The molecule has 0 amide bonds. The number of aliphatic hydroxyl groups is 2. The summed E-state index contributed by atoms with van der Waals surface area (Å²) in [7, 11) is 2.72. The molecule has 1 aliphatic heterocycles. The van der Waals surface area contributed by atoms with Crippen LogP contribution in [0.25, 0.3) is 0 Å². The number of nitrogens with zero attached hydrogens (tertiary/aromatic N) is 1. The standard InChI is InChI=1S/C25H22BrNO6/c1-31-17-12-27-13-18-21(17)24(30)22(28)19(23(29)32-2)20(14-6-4-3-5-7-14)25(24,33-18)15-8-10-16(26)11-9-15/h3-13,19-20,22,28,30H,1-2H3/t19-,20-,22+,24+,25+/m1/s1. The Balaban J connectivity index is 1.89. The molecule has 0 radical (unpaired) electrons. The lowest BCUT2D eigenvalue weighted by Gasteiger charge is -2.40. The molecule has 0 unspecified atom stereocenters. The predicted octanol–water partition coefficient (Wildman–Crippen LogP) is 3.28. The Bertz CT molecular complexity index is 1200. The van der Waals surface area contributed by atoms with Crippen LogP contribution in [-0.4, -0.2) is 41.5 Å². The van der Waals surface area contributed by atoms with E-state index in [1.54, 1.807) is 0 Å². The summed E-state index contributed by atoms with van der Waals surface area (Å²) in [6, 6.07) is 16.5. The van der Waals surface area contributed by atoms with Crippen LogP contribution in [0.15, 0.2) is 71.5 Å². The van der Waals surface area contributed by atoms with Gasteiger partial charge in [-0.1, -0.05) is 58.4 Å². The van der Waals surface area contributed by atoms with Gasteiger partial charge in [-0.15, -0.1) is 0 Å². The van der Waals surface area contributed by atoms with Gasteiger partial charge in [0.05, 0.1) is 38.1 Å². The number of fused-ring (bicyclic) bond motifs is 3. The second-order valence-electron chi connectivity index (χ2n) is 8.21. The van der Waals surface area contributed by atoms with Crippen molar-refractivity contribution in [1.29, 1.82) is 0 Å². The van der Waals surface area contributed by atoms with Crippen molar-refractivity contribution in [2.45, 2.75) is 23.2 Å². The first-order valence-electron chi connectivity index (χ1n) is 10.4. The van der Waals surface area contributed by atoms with Crippen LogP contribution in [0.1, 0.15) is 22.6 Å². The zero-order valence-corrected chi connectivity index (χ0v) is 19.5. The number of rotatable bonds is 4. The molecule has 1 aliphatic carbocycles. The van der Waals surface area contributed by atoms with Crippen molar-refractivity contribution in [2.75, 3.05) is 14.2 Å². The van der Waals surface area contributed by atoms with E-state index in [0.717, 1.165) is 4.47 Å². The second-order valence-corrected chi connectivity index (χ2v) is 9.12. The summed E-state index contributed by atoms with van der Waals surface area (Å²) in [5.74, 6) is -2.01. The molecule has 33 heavy (non-hydrogen) atoms. The van der Waals surface area contributed by atoms with Gasteiger partial charge in [-0.25, -0.2) is 0 Å². The van der Waals surface area contributed by atoms with Gasteiger partial charge in [-0.2, -0.15) is 0 Å². The highest BCUT2D eigenvalue weighted by atomic mass is 79.9. The molecule has 0 saturated heterocycles. The summed E-state index contributed by atoms with van der Waals surface area (Å²) in [5.41, 5.74) is -2.05. The van der Waals surface area contributed by atoms with E-state index in [4.69, 9.17) is 14.2 Å². The molecule has 2 aliphatic rings. The second kappa shape index (κ2) is 7.83. The van der Waals surface area contributed by atoms with Crippen molar-refractivity contribution in [3.8, 4) is 11.5 Å². The number of benzene rings is 2. The lowest BCUT2D eigenvalue weighted by atomic mass is 9.70. The number of ether oxygens (including phenoxy) is 3. The number of pyridine rings is 1. The molecular formula is C25H22BrNO6. The zero-order chi connectivity index (χ0) is 23.4. The van der Waals surface area contributed by atoms with Crippen molar-refractivity contribution in [3.05, 3.63) is 88.2 Å². The Hall–Kier alpha value is -2.94. The van der Waals surface area contributed by atoms with Crippen molar-refractivity contribution < 1.29 is 29.2 Å². The van der Waals surface area contributed by atoms with E-state index in [0.29, 0.717) is 11.1 Å². The van der Waals surface area contributed by atoms with E-state index >= 15 is 0 Å². The van der Waals surface area contributed by atoms with Gasteiger partial charge >= 0.3 is 5.97 Å². The Kier molecular flexibility index (Phi) is 5.19. The summed E-state index contributed by atoms with van der Waals surface area (Å²) in [5, 5.41) is 24.2. The van der Waals surface area contributed by atoms with E-state index in [1.807, 2.05) is 54.6 Å². The molecule has 170 valence electrons. The Labute approximate surface area is 199 Å². The quantitative estimate of drug-likeness (QED) is 0.518. The molecular weight excluding hydrogens is 490 g/mol. The van der Waals surface area contributed by atoms with Crippen LogP contribution >= 0.6 is 15.9 Å². The Morgan fingerprint density at radius 3 is 2.42 bits per heavy atom. The van der Waals surface area contributed by atoms with Crippen molar-refractivity contribution in [3.63, 3.8) is 0 Å². The number of esters is 1. The van der Waals surface area contributed by atoms with Gasteiger partial charge in [0.15, 0.2) is 11.2 Å². The fourth-order valence-electron chi connectivity index (χ4n) is 5.49. The third kappa shape index (κ3) is 2.81. The maximum absolute atomic E-state index is 13.1. The monoisotopic (exact) mass is 511 g/mol. The molecule has 0 spiro atoms. The predicted molar refractivity (Wildman–Crippen MR) is 122 cm³/mol. The number of hydrogen-bond donors (Lipinski definition) is 2. The van der Waals surface area contributed by atoms with Crippen LogP contribution in [0.5, 0.6) is 11.5 Å². The van der Waals surface area contributed by atoms with E-state index in [-0.39, 0.29) is 17.1 Å². The normalized spacial score (nSPS) is 29.7. The lowest BCUT2D eigenvalue weighted by Crippen LogP contribution is -2.52. The van der Waals surface area contributed by atoms with Crippen molar-refractivity contribution in [1.82, 2.24) is 4.98 Å². The number of hydrogen-bond acceptors (Lipinski definition) is 7. The molecule has 1 fully saturated rings. The average molecular weight is 512 g/mol. The van der Waals surface area contributed by atoms with Crippen molar-refractivity contribution >= 4 is 21.9 Å². The highest BCUT2D eigenvalue weighted by molar-refractivity contribution is 9.10. The van der Waals surface area contributed by atoms with Gasteiger partial charge < -0.3 is 24.4 Å². The van der Waals surface area contributed by atoms with Gasteiger partial charge in [0.1, 0.15) is 17.6 Å². The number of carbonyl (C=O) groups is 1. The van der Waals surface area contributed by atoms with Crippen LogP contribution in [0.4, 0.5) is 0 Å². The van der Waals surface area contributed by atoms with E-state index in [9.17, 15) is 15.0 Å². The van der Waals surface area contributed by atoms with Crippen LogP contribution in [0, 0.1) is 5.92 Å². The first-order valence-corrected chi connectivity index (χ1v) is 11.2. The van der Waals surface area contributed by atoms with Crippen molar-refractivity contribution in [2.24, 2.45) is 5.92 Å². The summed E-state index contributed by atoms with van der Waals surface area (Å²) in [6.07, 6.45) is 1.38. The molecule has 5 atom stereocenters. The molecule has 7 nitrogen and oxygen atoms in total. The topological polar surface area (TPSA) is 98.1 Å². The third-order valence-electron chi connectivity index (χ3n) is 6.79. The zero-order valence-electron chi connectivity index (χ0n) is 17.9. The van der Waals surface area contributed by atoms with Gasteiger partial charge in [-0.05, 0) is 23.3 Å². The minimum Gasteiger partial charge on any atom is -0.495 e. The molecule has 0 bridgehead atoms. The fraction of sp³-hybridized carbons (Fsp3) is 0.280. The van der Waals surface area contributed by atoms with E-state index in [1.165, 1.54) is 26.6 Å². The van der Waals surface area contributed by atoms with E-state index < -0.39 is 35.1 Å². The highest BCUT2D eigenvalue weighted by Gasteiger charge is 2.78. The molecule has 1 saturated carbocycles. The van der Waals surface area contributed by atoms with Crippen LogP contribution in [0.2, 0.25) is 0 Å². The first kappa shape index (κ1) is 21.9. The molecule has 2 N–H and O–H groups in total. The van der Waals surface area contributed by atoms with Crippen LogP contribution < -0.4 is 9.47 Å². The van der Waals surface area contributed by atoms with Gasteiger partial charge in [0.2, 0.25) is 0 Å². The minimum absolute atomic E-state index is 0.253. The van der Waals surface area contributed by atoms with Gasteiger partial charge in [0.25, 0.3) is 0 Å². The molecule has 3 aromatic rings. The van der Waals surface area contributed by atoms with Gasteiger partial charge in [-0.3, -0.25) is 9.78 Å². The Morgan fingerprint density at radius 1 is 1.09 bits per heavy atom. The average Bonchev–Trinajstić information content (AvgIpc) is 3.22. The maximum Gasteiger partial charge on any atom is 0.312 e. The maximum atomic E-state index is 13.1. The molecule has 8 heteroatoms. The lowest BCUT2D eigenvalue weighted by molar-refractivity contribution is -0.161. The fourth-order valence-corrected chi connectivity index (χ4v) is 5.75. The third-order valence-corrected chi connectivity index (χ3v) is 7.31. The number of carbonyl (C=O) groups excluding carboxylic acids is 1. The largest absolute Gasteiger partial charge is 0.495 e. The minimum atomic E-state index is -2.04. The van der Waals surface area contributed by atoms with Gasteiger partial charge in [0, 0.05) is 10.4 Å². The van der Waals surface area contributed by atoms with Crippen LogP contribution in [0.3, 0.4) is 0 Å². The molecule has 5 rings (SSSR count). The number of aliphatic hydroxyl groups excluding tert-OH is 1. The smallest absolute Gasteiger partial charge is 0.312 e. The summed E-state index contributed by atoms with van der Waals surface area (Å²) >= 11 is 3.45. The summed E-state index contributed by atoms with van der Waals surface area (Å²) < 4.78 is 18.0. The highest BCUT2D eigenvalue weighted by Crippen LogP contribution is 2.69.